The van der Waals surface area contributed by atoms with Crippen LogP contribution in [0.4, 0.5) is 0 Å². The zero-order valence-electron chi connectivity index (χ0n) is 25.4. The SMILES string of the molecule is C=C(C)C(=O)OCCOc1ccc2c(c1)C(C)c1cc(OC(=O)c3ccc(OCCOC(=O)C(=C)CC(=O)OC)cc3)ccc1-2. The van der Waals surface area contributed by atoms with Crippen molar-refractivity contribution in [2.45, 2.75) is 26.2 Å². The minimum absolute atomic E-state index is 0.0108. The number of ether oxygens (including phenoxy) is 6. The standard InChI is InChI=1S/C35H34O10/c1-21(2)33(37)43-16-15-42-26-10-12-28-29-13-11-27(20-31(29)23(4)30(28)19-26)45-35(39)24-6-8-25(9-7-24)41-14-17-44-34(38)22(3)18-32(36)40-5/h6-13,19-20,23H,1,3,14-18H2,2,4-5H3. The van der Waals surface area contributed by atoms with Crippen molar-refractivity contribution in [3.05, 3.63) is 102 Å². The Labute approximate surface area is 261 Å². The minimum Gasteiger partial charge on any atom is -0.490 e. The predicted octanol–water partition coefficient (Wildman–Crippen LogP) is 5.58. The Balaban J connectivity index is 1.27. The molecule has 1 atom stereocenters. The molecule has 0 spiro atoms. The van der Waals surface area contributed by atoms with Gasteiger partial charge in [0, 0.05) is 17.1 Å². The molecule has 45 heavy (non-hydrogen) atoms. The van der Waals surface area contributed by atoms with Crippen molar-refractivity contribution in [1.82, 2.24) is 0 Å². The summed E-state index contributed by atoms with van der Waals surface area (Å²) in [6.45, 7) is 11.1. The van der Waals surface area contributed by atoms with Crippen LogP contribution < -0.4 is 14.2 Å². The number of rotatable bonds is 14. The second-order valence-electron chi connectivity index (χ2n) is 10.2. The molecule has 0 saturated heterocycles. The summed E-state index contributed by atoms with van der Waals surface area (Å²) in [6, 6.07) is 17.8. The van der Waals surface area contributed by atoms with Gasteiger partial charge >= 0.3 is 23.9 Å². The number of carbonyl (C=O) groups is 4. The van der Waals surface area contributed by atoms with E-state index in [1.807, 2.05) is 30.3 Å². The highest BCUT2D eigenvalue weighted by Crippen LogP contribution is 2.47. The lowest BCUT2D eigenvalue weighted by Gasteiger charge is -2.11. The van der Waals surface area contributed by atoms with Crippen LogP contribution in [0.25, 0.3) is 11.1 Å². The van der Waals surface area contributed by atoms with Gasteiger partial charge in [-0.05, 0) is 77.7 Å². The summed E-state index contributed by atoms with van der Waals surface area (Å²) < 4.78 is 31.6. The highest BCUT2D eigenvalue weighted by molar-refractivity contribution is 5.93. The third kappa shape index (κ3) is 8.38. The van der Waals surface area contributed by atoms with Crippen molar-refractivity contribution < 1.29 is 47.6 Å². The quantitative estimate of drug-likeness (QED) is 0.0748. The molecule has 0 bridgehead atoms. The van der Waals surface area contributed by atoms with Crippen LogP contribution in [0.1, 0.15) is 47.7 Å². The zero-order chi connectivity index (χ0) is 32.5. The number of benzene rings is 3. The first kappa shape index (κ1) is 32.5. The van der Waals surface area contributed by atoms with Crippen molar-refractivity contribution >= 4 is 23.9 Å². The summed E-state index contributed by atoms with van der Waals surface area (Å²) in [5, 5.41) is 0. The average molecular weight is 615 g/mol. The Morgan fingerprint density at radius 2 is 1.24 bits per heavy atom. The average Bonchev–Trinajstić information content (AvgIpc) is 3.31. The number of methoxy groups -OCH3 is 1. The van der Waals surface area contributed by atoms with Crippen molar-refractivity contribution in [3.63, 3.8) is 0 Å². The molecule has 3 aromatic carbocycles. The van der Waals surface area contributed by atoms with E-state index < -0.39 is 23.9 Å². The van der Waals surface area contributed by atoms with Gasteiger partial charge in [0.05, 0.1) is 19.1 Å². The lowest BCUT2D eigenvalue weighted by molar-refractivity contribution is -0.144. The summed E-state index contributed by atoms with van der Waals surface area (Å²) in [6.07, 6.45) is -0.249. The van der Waals surface area contributed by atoms with Gasteiger partial charge in [-0.15, -0.1) is 0 Å². The van der Waals surface area contributed by atoms with Gasteiger partial charge in [0.2, 0.25) is 0 Å². The molecule has 0 saturated carbocycles. The van der Waals surface area contributed by atoms with E-state index >= 15 is 0 Å². The van der Waals surface area contributed by atoms with Gasteiger partial charge in [-0.25, -0.2) is 14.4 Å². The molecule has 0 N–H and O–H groups in total. The third-order valence-electron chi connectivity index (χ3n) is 6.96. The monoisotopic (exact) mass is 614 g/mol. The second-order valence-corrected chi connectivity index (χ2v) is 10.2. The number of hydrogen-bond acceptors (Lipinski definition) is 10. The molecular weight excluding hydrogens is 580 g/mol. The Morgan fingerprint density at radius 1 is 0.711 bits per heavy atom. The number of hydrogen-bond donors (Lipinski definition) is 0. The van der Waals surface area contributed by atoms with E-state index in [9.17, 15) is 19.2 Å². The van der Waals surface area contributed by atoms with E-state index in [4.69, 9.17) is 23.7 Å². The van der Waals surface area contributed by atoms with Crippen LogP contribution in [0.15, 0.2) is 85.0 Å². The maximum Gasteiger partial charge on any atom is 0.343 e. The molecule has 1 aliphatic carbocycles. The molecule has 10 nitrogen and oxygen atoms in total. The van der Waals surface area contributed by atoms with E-state index in [2.05, 4.69) is 24.8 Å². The van der Waals surface area contributed by atoms with Crippen molar-refractivity contribution in [3.8, 4) is 28.4 Å². The molecule has 4 rings (SSSR count). The molecule has 0 heterocycles. The molecule has 0 fully saturated rings. The fourth-order valence-corrected chi connectivity index (χ4v) is 4.59. The van der Waals surface area contributed by atoms with Crippen molar-refractivity contribution in [2.75, 3.05) is 33.5 Å². The maximum atomic E-state index is 12.9. The Kier molecular flexibility index (Phi) is 10.8. The fraction of sp³-hybridized carbons (Fsp3) is 0.257. The van der Waals surface area contributed by atoms with Crippen LogP contribution >= 0.6 is 0 Å². The van der Waals surface area contributed by atoms with E-state index in [1.165, 1.54) is 7.11 Å². The summed E-state index contributed by atoms with van der Waals surface area (Å²) in [5.74, 6) is -0.660. The zero-order valence-corrected chi connectivity index (χ0v) is 25.4. The smallest absolute Gasteiger partial charge is 0.343 e. The van der Waals surface area contributed by atoms with Crippen LogP contribution in [0.3, 0.4) is 0 Å². The molecule has 0 amide bonds. The maximum absolute atomic E-state index is 12.9. The van der Waals surface area contributed by atoms with Crippen LogP contribution in [0, 0.1) is 0 Å². The Morgan fingerprint density at radius 3 is 1.84 bits per heavy atom. The van der Waals surface area contributed by atoms with Crippen molar-refractivity contribution in [2.24, 2.45) is 0 Å². The third-order valence-corrected chi connectivity index (χ3v) is 6.96. The van der Waals surface area contributed by atoms with Gasteiger partial charge < -0.3 is 28.4 Å². The van der Waals surface area contributed by atoms with Gasteiger partial charge in [-0.1, -0.05) is 32.2 Å². The summed E-state index contributed by atoms with van der Waals surface area (Å²) in [7, 11) is 1.22. The Bertz CT molecular complexity index is 1620. The van der Waals surface area contributed by atoms with Crippen LogP contribution in [0.2, 0.25) is 0 Å². The van der Waals surface area contributed by atoms with Gasteiger partial charge in [0.15, 0.2) is 0 Å². The fourth-order valence-electron chi connectivity index (χ4n) is 4.59. The summed E-state index contributed by atoms with van der Waals surface area (Å²) in [5.41, 5.74) is 4.91. The molecule has 1 unspecified atom stereocenters. The molecule has 234 valence electrons. The van der Waals surface area contributed by atoms with E-state index in [0.717, 1.165) is 22.3 Å². The lowest BCUT2D eigenvalue weighted by atomic mass is 9.99. The summed E-state index contributed by atoms with van der Waals surface area (Å²) in [4.78, 5) is 47.5. The van der Waals surface area contributed by atoms with E-state index in [0.29, 0.717) is 28.4 Å². The molecule has 0 aliphatic heterocycles. The molecule has 1 aliphatic rings. The second kappa shape index (κ2) is 14.9. The first-order valence-electron chi connectivity index (χ1n) is 14.2. The molecule has 0 aromatic heterocycles. The highest BCUT2D eigenvalue weighted by atomic mass is 16.6. The topological polar surface area (TPSA) is 124 Å². The molecule has 3 aromatic rings. The molecule has 0 radical (unpaired) electrons. The number of fused-ring (bicyclic) bond motifs is 3. The first-order chi connectivity index (χ1) is 21.6. The van der Waals surface area contributed by atoms with Gasteiger partial charge in [-0.3, -0.25) is 4.79 Å². The largest absolute Gasteiger partial charge is 0.490 e. The Hall–Kier alpha value is -5.38. The summed E-state index contributed by atoms with van der Waals surface area (Å²) >= 11 is 0. The van der Waals surface area contributed by atoms with Gasteiger partial charge in [-0.2, -0.15) is 0 Å². The first-order valence-corrected chi connectivity index (χ1v) is 14.2. The highest BCUT2D eigenvalue weighted by Gasteiger charge is 2.27. The van der Waals surface area contributed by atoms with E-state index in [-0.39, 0.29) is 44.3 Å². The normalized spacial score (nSPS) is 12.6. The van der Waals surface area contributed by atoms with Gasteiger partial charge in [0.25, 0.3) is 0 Å². The molecular formula is C35H34O10. The predicted molar refractivity (Wildman–Crippen MR) is 164 cm³/mol. The van der Waals surface area contributed by atoms with E-state index in [1.54, 1.807) is 37.3 Å². The van der Waals surface area contributed by atoms with Gasteiger partial charge in [0.1, 0.15) is 43.7 Å². The molecule has 10 heteroatoms. The number of carbonyl (C=O) groups excluding carboxylic acids is 4. The van der Waals surface area contributed by atoms with Crippen LogP contribution in [0.5, 0.6) is 17.2 Å². The lowest BCUT2D eigenvalue weighted by Crippen LogP contribution is -2.15. The van der Waals surface area contributed by atoms with Crippen LogP contribution in [-0.2, 0) is 28.6 Å². The number of esters is 4. The minimum atomic E-state index is -0.707. The van der Waals surface area contributed by atoms with Crippen LogP contribution in [-0.4, -0.2) is 57.4 Å². The van der Waals surface area contributed by atoms with Crippen molar-refractivity contribution in [1.29, 1.82) is 0 Å².